The molecule has 74 valence electrons. The van der Waals surface area contributed by atoms with Crippen molar-refractivity contribution in [1.82, 2.24) is 4.98 Å². The normalized spacial score (nSPS) is 9.29. The molecule has 0 aliphatic rings. The Morgan fingerprint density at radius 1 is 1.14 bits per heavy atom. The van der Waals surface area contributed by atoms with Crippen LogP contribution in [0.5, 0.6) is 0 Å². The molecule has 1 aromatic carbocycles. The van der Waals surface area contributed by atoms with Gasteiger partial charge in [-0.15, -0.1) is 0 Å². The van der Waals surface area contributed by atoms with Crippen LogP contribution in [0.15, 0.2) is 35.1 Å². The number of anilines is 1. The largest absolute Gasteiger partial charge is 0.399 e. The van der Waals surface area contributed by atoms with Gasteiger partial charge in [0.2, 0.25) is 5.56 Å². The second-order valence-corrected chi connectivity index (χ2v) is 2.67. The summed E-state index contributed by atoms with van der Waals surface area (Å²) >= 11 is 0. The van der Waals surface area contributed by atoms with Gasteiger partial charge >= 0.3 is 0 Å². The molecule has 2 rings (SSSR count). The monoisotopic (exact) mass is 190 g/mol. The van der Waals surface area contributed by atoms with Crippen molar-refractivity contribution in [1.29, 1.82) is 0 Å². The molecular formula is C11H14N2O. The third-order valence-electron chi connectivity index (χ3n) is 1.75. The van der Waals surface area contributed by atoms with E-state index in [1.807, 2.05) is 19.9 Å². The van der Waals surface area contributed by atoms with Crippen LogP contribution in [0.4, 0.5) is 5.69 Å². The van der Waals surface area contributed by atoms with Crippen LogP contribution in [0.2, 0.25) is 0 Å². The van der Waals surface area contributed by atoms with E-state index in [1.54, 1.807) is 18.2 Å². The lowest BCUT2D eigenvalue weighted by Gasteiger charge is -1.97. The number of H-pyrrole nitrogens is 1. The number of hydrogen-bond donors (Lipinski definition) is 2. The summed E-state index contributed by atoms with van der Waals surface area (Å²) in [5.41, 5.74) is 7.00. The van der Waals surface area contributed by atoms with Gasteiger partial charge in [-0.25, -0.2) is 0 Å². The Kier molecular flexibility index (Phi) is 3.29. The molecule has 3 heteroatoms. The van der Waals surface area contributed by atoms with Crippen molar-refractivity contribution in [2.24, 2.45) is 0 Å². The second kappa shape index (κ2) is 4.46. The number of fused-ring (bicyclic) bond motifs is 1. The molecule has 1 aromatic heterocycles. The molecule has 14 heavy (non-hydrogen) atoms. The van der Waals surface area contributed by atoms with E-state index in [9.17, 15) is 4.79 Å². The third-order valence-corrected chi connectivity index (χ3v) is 1.75. The maximum atomic E-state index is 10.9. The molecule has 0 unspecified atom stereocenters. The van der Waals surface area contributed by atoms with E-state index in [0.29, 0.717) is 5.69 Å². The summed E-state index contributed by atoms with van der Waals surface area (Å²) in [6, 6.07) is 8.63. The second-order valence-electron chi connectivity index (χ2n) is 2.67. The highest BCUT2D eigenvalue weighted by Gasteiger charge is 1.93. The fourth-order valence-electron chi connectivity index (χ4n) is 1.17. The number of nitrogens with two attached hydrogens (primary N) is 1. The minimum Gasteiger partial charge on any atom is -0.399 e. The number of nitrogens with one attached hydrogen (secondary N) is 1. The molecular weight excluding hydrogens is 176 g/mol. The van der Waals surface area contributed by atoms with E-state index < -0.39 is 0 Å². The lowest BCUT2D eigenvalue weighted by atomic mass is 10.2. The van der Waals surface area contributed by atoms with Gasteiger partial charge in [0.25, 0.3) is 0 Å². The van der Waals surface area contributed by atoms with Crippen LogP contribution in [0.1, 0.15) is 13.8 Å². The number of nitrogen functional groups attached to an aromatic ring is 1. The quantitative estimate of drug-likeness (QED) is 0.625. The van der Waals surface area contributed by atoms with Crippen LogP contribution in [0.25, 0.3) is 10.9 Å². The minimum atomic E-state index is -0.0905. The van der Waals surface area contributed by atoms with Crippen LogP contribution < -0.4 is 11.3 Å². The first-order valence-electron chi connectivity index (χ1n) is 4.64. The fraction of sp³-hybridized carbons (Fsp3) is 0.182. The smallest absolute Gasteiger partial charge is 0.248 e. The van der Waals surface area contributed by atoms with Crippen molar-refractivity contribution >= 4 is 16.6 Å². The summed E-state index contributed by atoms with van der Waals surface area (Å²) < 4.78 is 0. The molecule has 0 amide bonds. The topological polar surface area (TPSA) is 58.9 Å². The van der Waals surface area contributed by atoms with E-state index in [-0.39, 0.29) is 5.56 Å². The van der Waals surface area contributed by atoms with Crippen LogP contribution in [-0.2, 0) is 0 Å². The van der Waals surface area contributed by atoms with E-state index >= 15 is 0 Å². The van der Waals surface area contributed by atoms with E-state index in [2.05, 4.69) is 4.98 Å². The summed E-state index contributed by atoms with van der Waals surface area (Å²) in [4.78, 5) is 13.6. The number of hydrogen-bond acceptors (Lipinski definition) is 2. The summed E-state index contributed by atoms with van der Waals surface area (Å²) in [6.07, 6.45) is 0. The average molecular weight is 190 g/mol. The molecule has 0 saturated heterocycles. The Labute approximate surface area is 82.6 Å². The Morgan fingerprint density at radius 3 is 2.57 bits per heavy atom. The zero-order valence-electron chi connectivity index (χ0n) is 8.37. The van der Waals surface area contributed by atoms with Crippen LogP contribution in [0, 0.1) is 0 Å². The van der Waals surface area contributed by atoms with Gasteiger partial charge in [0.15, 0.2) is 0 Å². The molecule has 3 N–H and O–H groups in total. The van der Waals surface area contributed by atoms with Gasteiger partial charge < -0.3 is 10.7 Å². The highest BCUT2D eigenvalue weighted by Crippen LogP contribution is 2.12. The van der Waals surface area contributed by atoms with Gasteiger partial charge in [-0.1, -0.05) is 13.8 Å². The van der Waals surface area contributed by atoms with Gasteiger partial charge in [0.1, 0.15) is 0 Å². The van der Waals surface area contributed by atoms with Crippen LogP contribution >= 0.6 is 0 Å². The fourth-order valence-corrected chi connectivity index (χ4v) is 1.17. The number of aromatic nitrogens is 1. The average Bonchev–Trinajstić information content (AvgIpc) is 2.21. The lowest BCUT2D eigenvalue weighted by Crippen LogP contribution is -2.02. The number of pyridine rings is 1. The van der Waals surface area contributed by atoms with Crippen LogP contribution in [-0.4, -0.2) is 4.98 Å². The van der Waals surface area contributed by atoms with Gasteiger partial charge in [-0.05, 0) is 24.3 Å². The summed E-state index contributed by atoms with van der Waals surface area (Å²) in [5, 5.41) is 0.953. The van der Waals surface area contributed by atoms with Gasteiger partial charge in [0, 0.05) is 22.7 Å². The first-order valence-corrected chi connectivity index (χ1v) is 4.64. The van der Waals surface area contributed by atoms with Gasteiger partial charge in [0.05, 0.1) is 0 Å². The third kappa shape index (κ3) is 2.13. The maximum absolute atomic E-state index is 10.9. The number of rotatable bonds is 0. The predicted molar refractivity (Wildman–Crippen MR) is 60.3 cm³/mol. The first-order chi connectivity index (χ1) is 6.75. The Hall–Kier alpha value is -1.77. The molecule has 3 nitrogen and oxygen atoms in total. The molecule has 0 radical (unpaired) electrons. The summed E-state index contributed by atoms with van der Waals surface area (Å²) in [6.45, 7) is 4.00. The van der Waals surface area contributed by atoms with Gasteiger partial charge in [-0.3, -0.25) is 4.79 Å². The van der Waals surface area contributed by atoms with E-state index in [0.717, 1.165) is 10.9 Å². The molecule has 0 bridgehead atoms. The summed E-state index contributed by atoms with van der Waals surface area (Å²) in [7, 11) is 0. The molecule has 0 aliphatic carbocycles. The van der Waals surface area contributed by atoms with Crippen molar-refractivity contribution in [3.63, 3.8) is 0 Å². The zero-order valence-corrected chi connectivity index (χ0v) is 8.37. The minimum absolute atomic E-state index is 0.0905. The highest BCUT2D eigenvalue weighted by atomic mass is 16.1. The molecule has 2 aromatic rings. The predicted octanol–water partition coefficient (Wildman–Crippen LogP) is 2.14. The van der Waals surface area contributed by atoms with Crippen molar-refractivity contribution < 1.29 is 0 Å². The van der Waals surface area contributed by atoms with E-state index in [4.69, 9.17) is 5.73 Å². The van der Waals surface area contributed by atoms with Gasteiger partial charge in [-0.2, -0.15) is 0 Å². The van der Waals surface area contributed by atoms with Crippen LogP contribution in [0.3, 0.4) is 0 Å². The SMILES string of the molecule is CC.Nc1ccc2[nH]c(=O)ccc2c1. The first kappa shape index (κ1) is 10.3. The molecule has 1 heterocycles. The molecule has 0 saturated carbocycles. The van der Waals surface area contributed by atoms with Crippen molar-refractivity contribution in [3.05, 3.63) is 40.7 Å². The molecule has 0 atom stereocenters. The summed E-state index contributed by atoms with van der Waals surface area (Å²) in [5.74, 6) is 0. The number of aromatic amines is 1. The molecule has 0 fully saturated rings. The lowest BCUT2D eigenvalue weighted by molar-refractivity contribution is 1.31. The Morgan fingerprint density at radius 2 is 1.86 bits per heavy atom. The maximum Gasteiger partial charge on any atom is 0.248 e. The van der Waals surface area contributed by atoms with E-state index in [1.165, 1.54) is 6.07 Å². The molecule has 0 spiro atoms. The number of benzene rings is 1. The van der Waals surface area contributed by atoms with Crippen molar-refractivity contribution in [2.45, 2.75) is 13.8 Å². The Bertz CT molecular complexity index is 474. The Balaban J connectivity index is 0.000000461. The van der Waals surface area contributed by atoms with Crippen molar-refractivity contribution in [3.8, 4) is 0 Å². The highest BCUT2D eigenvalue weighted by molar-refractivity contribution is 5.81. The standard InChI is InChI=1S/C9H8N2O.C2H6/c10-7-2-3-8-6(5-7)1-4-9(12)11-8;1-2/h1-5H,10H2,(H,11,12);1-2H3. The van der Waals surface area contributed by atoms with Crippen molar-refractivity contribution in [2.75, 3.05) is 5.73 Å². The molecule has 0 aliphatic heterocycles. The zero-order chi connectivity index (χ0) is 10.6.